The Kier molecular flexibility index (Phi) is 11.7. The predicted octanol–water partition coefficient (Wildman–Crippen LogP) is 4.73. The number of esters is 1. The van der Waals surface area contributed by atoms with Gasteiger partial charge in [0.1, 0.15) is 12.2 Å². The van der Waals surface area contributed by atoms with Gasteiger partial charge in [0.2, 0.25) is 0 Å². The summed E-state index contributed by atoms with van der Waals surface area (Å²) < 4.78 is 11.8. The standard InChI is InChI=1S/C31H45N3O5/c1-22(27-11-6-7-16-32-27)9-8-10-24(3)30-25(4)13-15-28(23(2)12-14-26(35)21-29(36)39-30)38-31(37)34-19-17-33(5)18-20-34/h6-11,13,15-16,22-23,25-26,28,30,35H,12,14,17-21H2,1-5H3/b9-8+,15-13+,24-10+/t22-,23+,25+,26-,28+,30-/m1/s1. The van der Waals surface area contributed by atoms with E-state index in [-0.39, 0.29) is 30.3 Å². The highest BCUT2D eigenvalue weighted by Crippen LogP contribution is 2.25. The van der Waals surface area contributed by atoms with Crippen LogP contribution in [0.4, 0.5) is 4.79 Å². The summed E-state index contributed by atoms with van der Waals surface area (Å²) in [5.74, 6) is -0.460. The van der Waals surface area contributed by atoms with Crippen molar-refractivity contribution in [2.24, 2.45) is 11.8 Å². The number of ether oxygens (including phenoxy) is 2. The molecule has 39 heavy (non-hydrogen) atoms. The summed E-state index contributed by atoms with van der Waals surface area (Å²) >= 11 is 0. The molecule has 0 bridgehead atoms. The minimum absolute atomic E-state index is 0.0129. The molecular formula is C31H45N3O5. The van der Waals surface area contributed by atoms with Crippen molar-refractivity contribution in [3.63, 3.8) is 0 Å². The lowest BCUT2D eigenvalue weighted by atomic mass is 9.92. The summed E-state index contributed by atoms with van der Waals surface area (Å²) in [5, 5.41) is 10.5. The van der Waals surface area contributed by atoms with Crippen LogP contribution in [0, 0.1) is 11.8 Å². The van der Waals surface area contributed by atoms with Gasteiger partial charge in [-0.15, -0.1) is 0 Å². The fraction of sp³-hybridized carbons (Fsp3) is 0.581. The van der Waals surface area contributed by atoms with Gasteiger partial charge < -0.3 is 24.4 Å². The van der Waals surface area contributed by atoms with Gasteiger partial charge in [-0.1, -0.05) is 51.1 Å². The van der Waals surface area contributed by atoms with Crippen LogP contribution in [0.15, 0.2) is 60.3 Å². The molecule has 1 amide bonds. The molecule has 0 spiro atoms. The molecule has 8 heteroatoms. The highest BCUT2D eigenvalue weighted by atomic mass is 16.6. The summed E-state index contributed by atoms with van der Waals surface area (Å²) in [7, 11) is 2.05. The number of nitrogens with zero attached hydrogens (tertiary/aromatic N) is 3. The maximum atomic E-state index is 12.9. The highest BCUT2D eigenvalue weighted by Gasteiger charge is 2.29. The molecule has 3 rings (SSSR count). The summed E-state index contributed by atoms with van der Waals surface area (Å²) in [5.41, 5.74) is 1.87. The van der Waals surface area contributed by atoms with Gasteiger partial charge in [0, 0.05) is 49.9 Å². The van der Waals surface area contributed by atoms with E-state index < -0.39 is 24.3 Å². The third-order valence-corrected chi connectivity index (χ3v) is 7.62. The zero-order chi connectivity index (χ0) is 28.4. The minimum atomic E-state index is -0.809. The van der Waals surface area contributed by atoms with E-state index in [1.54, 1.807) is 11.1 Å². The third-order valence-electron chi connectivity index (χ3n) is 7.62. The molecule has 0 aliphatic carbocycles. The molecular weight excluding hydrogens is 494 g/mol. The van der Waals surface area contributed by atoms with E-state index in [4.69, 9.17) is 9.47 Å². The second-order valence-electron chi connectivity index (χ2n) is 11.0. The van der Waals surface area contributed by atoms with Crippen LogP contribution in [0.2, 0.25) is 0 Å². The zero-order valence-electron chi connectivity index (χ0n) is 24.0. The Morgan fingerprint density at radius 1 is 1.18 bits per heavy atom. The van der Waals surface area contributed by atoms with E-state index in [0.717, 1.165) is 24.4 Å². The minimum Gasteiger partial charge on any atom is -0.457 e. The molecule has 1 fully saturated rings. The lowest BCUT2D eigenvalue weighted by Crippen LogP contribution is -2.48. The third kappa shape index (κ3) is 9.62. The number of amides is 1. The number of rotatable bonds is 5. The Bertz CT molecular complexity index is 1020. The normalized spacial score (nSPS) is 29.7. The average Bonchev–Trinajstić information content (AvgIpc) is 2.92. The zero-order valence-corrected chi connectivity index (χ0v) is 24.0. The van der Waals surface area contributed by atoms with Crippen LogP contribution in [0.25, 0.3) is 0 Å². The van der Waals surface area contributed by atoms with E-state index in [1.807, 2.05) is 70.3 Å². The van der Waals surface area contributed by atoms with E-state index in [9.17, 15) is 14.7 Å². The first-order valence-corrected chi connectivity index (χ1v) is 14.1. The van der Waals surface area contributed by atoms with E-state index in [0.29, 0.717) is 25.9 Å². The summed E-state index contributed by atoms with van der Waals surface area (Å²) in [6.45, 7) is 10.9. The lowest BCUT2D eigenvalue weighted by Gasteiger charge is -2.33. The Hall–Kier alpha value is -2.97. The van der Waals surface area contributed by atoms with Crippen LogP contribution < -0.4 is 0 Å². The van der Waals surface area contributed by atoms with Gasteiger partial charge in [0.15, 0.2) is 0 Å². The molecule has 0 unspecified atom stereocenters. The SMILES string of the molecule is C/C(=C\C=C\[C@@H](C)c1ccccn1)[C@H]1OC(=O)C[C@H](O)CC[C@H](C)[C@@H](OC(=O)N2CCN(C)CC2)/C=C/[C@@H]1C. The Labute approximate surface area is 233 Å². The Morgan fingerprint density at radius 2 is 1.92 bits per heavy atom. The van der Waals surface area contributed by atoms with Gasteiger partial charge in [-0.25, -0.2) is 4.79 Å². The first kappa shape index (κ1) is 30.6. The summed E-state index contributed by atoms with van der Waals surface area (Å²) in [6, 6.07) is 5.86. The summed E-state index contributed by atoms with van der Waals surface area (Å²) in [6.07, 6.45) is 10.6. The topological polar surface area (TPSA) is 92.2 Å². The summed E-state index contributed by atoms with van der Waals surface area (Å²) in [4.78, 5) is 34.0. The molecule has 2 aliphatic rings. The first-order chi connectivity index (χ1) is 18.6. The number of carbonyl (C=O) groups is 2. The van der Waals surface area contributed by atoms with Crippen molar-refractivity contribution in [2.75, 3.05) is 33.2 Å². The number of allylic oxidation sites excluding steroid dienone is 3. The molecule has 1 saturated heterocycles. The largest absolute Gasteiger partial charge is 0.457 e. The molecule has 2 aliphatic heterocycles. The maximum Gasteiger partial charge on any atom is 0.410 e. The van der Waals surface area contributed by atoms with Crippen molar-refractivity contribution in [1.29, 1.82) is 0 Å². The molecule has 0 aromatic carbocycles. The number of hydrogen-bond acceptors (Lipinski definition) is 7. The van der Waals surface area contributed by atoms with Crippen molar-refractivity contribution in [2.45, 2.75) is 71.2 Å². The first-order valence-electron chi connectivity index (χ1n) is 14.1. The van der Waals surface area contributed by atoms with E-state index >= 15 is 0 Å². The number of aromatic nitrogens is 1. The van der Waals surface area contributed by atoms with Gasteiger partial charge in [-0.05, 0) is 56.5 Å². The average molecular weight is 540 g/mol. The fourth-order valence-corrected chi connectivity index (χ4v) is 4.84. The van der Waals surface area contributed by atoms with Crippen LogP contribution in [0.5, 0.6) is 0 Å². The molecule has 0 radical (unpaired) electrons. The van der Waals surface area contributed by atoms with Crippen LogP contribution in [-0.4, -0.2) is 83.5 Å². The van der Waals surface area contributed by atoms with Gasteiger partial charge in [0.25, 0.3) is 0 Å². The number of likely N-dealkylation sites (N-methyl/N-ethyl adjacent to an activating group) is 1. The Balaban J connectivity index is 1.76. The van der Waals surface area contributed by atoms with Crippen LogP contribution in [-0.2, 0) is 14.3 Å². The van der Waals surface area contributed by atoms with Gasteiger partial charge in [-0.3, -0.25) is 9.78 Å². The molecule has 6 atom stereocenters. The van der Waals surface area contributed by atoms with Crippen LogP contribution >= 0.6 is 0 Å². The molecule has 8 nitrogen and oxygen atoms in total. The smallest absolute Gasteiger partial charge is 0.410 e. The van der Waals surface area contributed by atoms with Gasteiger partial charge in [0.05, 0.1) is 12.5 Å². The van der Waals surface area contributed by atoms with Crippen molar-refractivity contribution in [3.05, 3.63) is 66.0 Å². The van der Waals surface area contributed by atoms with Crippen molar-refractivity contribution in [1.82, 2.24) is 14.8 Å². The number of cyclic esters (lactones) is 1. The fourth-order valence-electron chi connectivity index (χ4n) is 4.84. The monoisotopic (exact) mass is 539 g/mol. The van der Waals surface area contributed by atoms with Crippen molar-refractivity contribution < 1.29 is 24.2 Å². The molecule has 1 aromatic rings. The molecule has 3 heterocycles. The molecule has 214 valence electrons. The van der Waals surface area contributed by atoms with Gasteiger partial charge in [-0.2, -0.15) is 0 Å². The molecule has 1 aromatic heterocycles. The van der Waals surface area contributed by atoms with Crippen LogP contribution in [0.1, 0.15) is 58.6 Å². The number of hydrogen-bond donors (Lipinski definition) is 1. The highest BCUT2D eigenvalue weighted by molar-refractivity contribution is 5.70. The van der Waals surface area contributed by atoms with Crippen molar-refractivity contribution >= 4 is 12.1 Å². The Morgan fingerprint density at radius 3 is 2.62 bits per heavy atom. The molecule has 1 N–H and O–H groups in total. The number of carbonyl (C=O) groups excluding carboxylic acids is 2. The van der Waals surface area contributed by atoms with E-state index in [2.05, 4.69) is 22.9 Å². The number of pyridine rings is 1. The van der Waals surface area contributed by atoms with Gasteiger partial charge >= 0.3 is 12.1 Å². The lowest BCUT2D eigenvalue weighted by molar-refractivity contribution is -0.151. The second kappa shape index (κ2) is 15.0. The quantitative estimate of drug-likeness (QED) is 0.329. The van der Waals surface area contributed by atoms with Crippen molar-refractivity contribution in [3.8, 4) is 0 Å². The second-order valence-corrected chi connectivity index (χ2v) is 11.0. The number of aliphatic hydroxyl groups is 1. The number of piperazine rings is 1. The molecule has 0 saturated carbocycles. The number of aliphatic hydroxyl groups excluding tert-OH is 1. The van der Waals surface area contributed by atoms with E-state index in [1.165, 1.54) is 0 Å². The maximum absolute atomic E-state index is 12.9. The van der Waals surface area contributed by atoms with Crippen LogP contribution in [0.3, 0.4) is 0 Å². The predicted molar refractivity (Wildman–Crippen MR) is 152 cm³/mol.